The predicted octanol–water partition coefficient (Wildman–Crippen LogP) is 5.78. The third kappa shape index (κ3) is 3.45. The molecule has 112 valence electrons. The Morgan fingerprint density at radius 3 is 2.81 bits per heavy atom. The average molecular weight is 340 g/mol. The van der Waals surface area contributed by atoms with Crippen molar-refractivity contribution in [3.05, 3.63) is 55.2 Å². The molecular formula is C17H19Cl2NS. The zero-order valence-corrected chi connectivity index (χ0v) is 14.4. The van der Waals surface area contributed by atoms with Gasteiger partial charge in [-0.1, -0.05) is 36.2 Å². The monoisotopic (exact) mass is 339 g/mol. The molecule has 0 amide bonds. The van der Waals surface area contributed by atoms with Gasteiger partial charge in [-0.15, -0.1) is 11.3 Å². The lowest BCUT2D eigenvalue weighted by Gasteiger charge is -2.18. The van der Waals surface area contributed by atoms with E-state index in [1.807, 2.05) is 29.5 Å². The van der Waals surface area contributed by atoms with Gasteiger partial charge in [0.15, 0.2) is 0 Å². The van der Waals surface area contributed by atoms with E-state index in [0.29, 0.717) is 5.02 Å². The topological polar surface area (TPSA) is 12.0 Å². The minimum absolute atomic E-state index is 0.270. The van der Waals surface area contributed by atoms with Crippen molar-refractivity contribution < 1.29 is 0 Å². The molecule has 1 aromatic carbocycles. The maximum absolute atomic E-state index is 6.32. The Morgan fingerprint density at radius 1 is 1.24 bits per heavy atom. The van der Waals surface area contributed by atoms with Crippen molar-refractivity contribution in [2.75, 3.05) is 0 Å². The van der Waals surface area contributed by atoms with Crippen LogP contribution in [0.2, 0.25) is 10.0 Å². The molecule has 0 bridgehead atoms. The molecule has 0 aliphatic heterocycles. The zero-order chi connectivity index (χ0) is 14.8. The molecule has 0 spiro atoms. The van der Waals surface area contributed by atoms with Gasteiger partial charge in [0.05, 0.1) is 0 Å². The fourth-order valence-electron chi connectivity index (χ4n) is 2.96. The fraction of sp³-hybridized carbons (Fsp3) is 0.412. The van der Waals surface area contributed by atoms with Crippen LogP contribution in [0, 0.1) is 0 Å². The van der Waals surface area contributed by atoms with E-state index in [4.69, 9.17) is 23.2 Å². The maximum atomic E-state index is 6.32. The molecule has 1 unspecified atom stereocenters. The summed E-state index contributed by atoms with van der Waals surface area (Å²) >= 11 is 14.3. The van der Waals surface area contributed by atoms with Gasteiger partial charge in [0.2, 0.25) is 0 Å². The highest BCUT2D eigenvalue weighted by Gasteiger charge is 2.17. The number of rotatable bonds is 5. The van der Waals surface area contributed by atoms with Crippen LogP contribution in [0.15, 0.2) is 24.3 Å². The highest BCUT2D eigenvalue weighted by molar-refractivity contribution is 7.12. The molecule has 3 rings (SSSR count). The van der Waals surface area contributed by atoms with Crippen LogP contribution in [0.3, 0.4) is 0 Å². The van der Waals surface area contributed by atoms with Crippen LogP contribution in [-0.2, 0) is 19.4 Å². The molecule has 0 fully saturated rings. The lowest BCUT2D eigenvalue weighted by molar-refractivity contribution is 0.522. The number of thiophene rings is 1. The Labute approximate surface area is 140 Å². The summed E-state index contributed by atoms with van der Waals surface area (Å²) < 4.78 is 0. The molecule has 0 radical (unpaired) electrons. The van der Waals surface area contributed by atoms with E-state index in [1.165, 1.54) is 24.1 Å². The molecule has 1 aliphatic carbocycles. The van der Waals surface area contributed by atoms with Crippen LogP contribution in [-0.4, -0.2) is 0 Å². The van der Waals surface area contributed by atoms with Gasteiger partial charge in [-0.3, -0.25) is 0 Å². The molecule has 2 aromatic rings. The maximum Gasteiger partial charge on any atom is 0.0468 e. The van der Waals surface area contributed by atoms with Gasteiger partial charge >= 0.3 is 0 Å². The van der Waals surface area contributed by atoms with Crippen LogP contribution in [0.1, 0.15) is 46.7 Å². The van der Waals surface area contributed by atoms with Crippen molar-refractivity contribution in [3.63, 3.8) is 0 Å². The SMILES string of the molecule is CCC(NCc1cc2c(s1)CCC2)c1ccc(Cl)cc1Cl. The third-order valence-corrected chi connectivity index (χ3v) is 5.87. The number of nitrogens with one attached hydrogen (secondary N) is 1. The van der Waals surface area contributed by atoms with Crippen LogP contribution in [0.25, 0.3) is 0 Å². The molecule has 1 N–H and O–H groups in total. The summed E-state index contributed by atoms with van der Waals surface area (Å²) in [5, 5.41) is 5.07. The molecule has 21 heavy (non-hydrogen) atoms. The summed E-state index contributed by atoms with van der Waals surface area (Å²) in [5.74, 6) is 0. The van der Waals surface area contributed by atoms with Crippen LogP contribution >= 0.6 is 34.5 Å². The second kappa shape index (κ2) is 6.70. The molecule has 1 heterocycles. The van der Waals surface area contributed by atoms with Gasteiger partial charge in [-0.25, -0.2) is 0 Å². The minimum atomic E-state index is 0.270. The van der Waals surface area contributed by atoms with Crippen LogP contribution < -0.4 is 5.32 Å². The molecule has 4 heteroatoms. The first-order valence-electron chi connectivity index (χ1n) is 7.46. The predicted molar refractivity (Wildman–Crippen MR) is 92.7 cm³/mol. The Bertz CT molecular complexity index is 614. The molecule has 1 aliphatic rings. The molecule has 1 aromatic heterocycles. The van der Waals surface area contributed by atoms with Crippen molar-refractivity contribution in [2.45, 2.75) is 45.2 Å². The fourth-order valence-corrected chi connectivity index (χ4v) is 4.71. The normalized spacial score (nSPS) is 15.2. The molecule has 1 atom stereocenters. The largest absolute Gasteiger partial charge is 0.305 e. The lowest BCUT2D eigenvalue weighted by atomic mass is 10.0. The van der Waals surface area contributed by atoms with E-state index in [1.54, 1.807) is 10.4 Å². The van der Waals surface area contributed by atoms with Gasteiger partial charge in [-0.05, 0) is 55.0 Å². The van der Waals surface area contributed by atoms with E-state index >= 15 is 0 Å². The van der Waals surface area contributed by atoms with Crippen molar-refractivity contribution >= 4 is 34.5 Å². The summed E-state index contributed by atoms with van der Waals surface area (Å²) in [4.78, 5) is 3.02. The molecular weight excluding hydrogens is 321 g/mol. The van der Waals surface area contributed by atoms with Crippen molar-refractivity contribution in [2.24, 2.45) is 0 Å². The standard InChI is InChI=1S/C17H19Cl2NS/c1-2-16(14-7-6-12(18)9-15(14)19)20-10-13-8-11-4-3-5-17(11)21-13/h6-9,16,20H,2-5,10H2,1H3. The summed E-state index contributed by atoms with van der Waals surface area (Å²) in [6.07, 6.45) is 4.85. The summed E-state index contributed by atoms with van der Waals surface area (Å²) in [7, 11) is 0. The van der Waals surface area contributed by atoms with Gasteiger partial charge in [0.1, 0.15) is 0 Å². The second-order valence-electron chi connectivity index (χ2n) is 5.52. The molecule has 0 saturated heterocycles. The summed E-state index contributed by atoms with van der Waals surface area (Å²) in [6.45, 7) is 3.09. The van der Waals surface area contributed by atoms with Crippen molar-refractivity contribution in [3.8, 4) is 0 Å². The highest BCUT2D eigenvalue weighted by atomic mass is 35.5. The number of aryl methyl sites for hydroxylation is 2. The van der Waals surface area contributed by atoms with Gasteiger partial charge in [0, 0.05) is 32.4 Å². The first kappa shape index (κ1) is 15.4. The summed E-state index contributed by atoms with van der Waals surface area (Å²) in [5.41, 5.74) is 2.70. The summed E-state index contributed by atoms with van der Waals surface area (Å²) in [6, 6.07) is 8.40. The number of hydrogen-bond acceptors (Lipinski definition) is 2. The Balaban J connectivity index is 1.69. The van der Waals surface area contributed by atoms with Gasteiger partial charge < -0.3 is 5.32 Å². The van der Waals surface area contributed by atoms with E-state index < -0.39 is 0 Å². The number of halogens is 2. The quantitative estimate of drug-likeness (QED) is 0.727. The van der Waals surface area contributed by atoms with E-state index in [0.717, 1.165) is 23.6 Å². The van der Waals surface area contributed by atoms with Crippen LogP contribution in [0.4, 0.5) is 0 Å². The minimum Gasteiger partial charge on any atom is -0.305 e. The van der Waals surface area contributed by atoms with Crippen molar-refractivity contribution in [1.82, 2.24) is 5.32 Å². The van der Waals surface area contributed by atoms with Crippen LogP contribution in [0.5, 0.6) is 0 Å². The number of hydrogen-bond donors (Lipinski definition) is 1. The third-order valence-electron chi connectivity index (χ3n) is 4.07. The van der Waals surface area contributed by atoms with E-state index in [-0.39, 0.29) is 6.04 Å². The number of benzene rings is 1. The average Bonchev–Trinajstić information content (AvgIpc) is 3.02. The van der Waals surface area contributed by atoms with E-state index in [9.17, 15) is 0 Å². The molecule has 1 nitrogen and oxygen atoms in total. The Morgan fingerprint density at radius 2 is 2.10 bits per heavy atom. The highest BCUT2D eigenvalue weighted by Crippen LogP contribution is 2.32. The van der Waals surface area contributed by atoms with Crippen molar-refractivity contribution in [1.29, 1.82) is 0 Å². The van der Waals surface area contributed by atoms with Gasteiger partial charge in [0.25, 0.3) is 0 Å². The number of fused-ring (bicyclic) bond motifs is 1. The second-order valence-corrected chi connectivity index (χ2v) is 7.59. The lowest BCUT2D eigenvalue weighted by Crippen LogP contribution is -2.20. The Kier molecular flexibility index (Phi) is 4.90. The zero-order valence-electron chi connectivity index (χ0n) is 12.1. The smallest absolute Gasteiger partial charge is 0.0468 e. The van der Waals surface area contributed by atoms with E-state index in [2.05, 4.69) is 18.3 Å². The molecule has 0 saturated carbocycles. The van der Waals surface area contributed by atoms with Gasteiger partial charge in [-0.2, -0.15) is 0 Å². The first-order chi connectivity index (χ1) is 10.2. The first-order valence-corrected chi connectivity index (χ1v) is 9.03. The Hall–Kier alpha value is -0.540.